The molecular weight excluding hydrogens is 158 g/mol. The van der Waals surface area contributed by atoms with Gasteiger partial charge in [0.2, 0.25) is 0 Å². The molecule has 0 unspecified atom stereocenters. The molecular formula is C9H14ClN. The third-order valence-electron chi connectivity index (χ3n) is 1.31. The van der Waals surface area contributed by atoms with Gasteiger partial charge < -0.3 is 5.32 Å². The van der Waals surface area contributed by atoms with E-state index in [4.69, 9.17) is 11.6 Å². The van der Waals surface area contributed by atoms with Gasteiger partial charge in [-0.2, -0.15) is 0 Å². The van der Waals surface area contributed by atoms with Gasteiger partial charge in [0.1, 0.15) is 0 Å². The summed E-state index contributed by atoms with van der Waals surface area (Å²) in [6.45, 7) is 4.66. The largest absolute Gasteiger partial charge is 0.319 e. The van der Waals surface area contributed by atoms with Crippen LogP contribution in [0.3, 0.4) is 0 Å². The van der Waals surface area contributed by atoms with E-state index in [-0.39, 0.29) is 0 Å². The Morgan fingerprint density at radius 2 is 2.36 bits per heavy atom. The number of rotatable bonds is 5. The van der Waals surface area contributed by atoms with E-state index in [1.54, 1.807) is 6.08 Å². The molecule has 0 amide bonds. The highest BCUT2D eigenvalue weighted by Gasteiger charge is 1.87. The fourth-order valence-electron chi connectivity index (χ4n) is 0.683. The molecule has 0 heterocycles. The summed E-state index contributed by atoms with van der Waals surface area (Å²) in [6, 6.07) is 0. The van der Waals surface area contributed by atoms with Crippen molar-refractivity contribution in [3.8, 4) is 0 Å². The summed E-state index contributed by atoms with van der Waals surface area (Å²) < 4.78 is 0. The zero-order valence-corrected chi connectivity index (χ0v) is 7.56. The van der Waals surface area contributed by atoms with E-state index >= 15 is 0 Å². The Labute approximate surface area is 73.4 Å². The predicted octanol–water partition coefficient (Wildman–Crippen LogP) is 2.46. The maximum absolute atomic E-state index is 5.36. The van der Waals surface area contributed by atoms with Crippen molar-refractivity contribution in [1.29, 1.82) is 0 Å². The first-order chi connectivity index (χ1) is 5.35. The van der Waals surface area contributed by atoms with E-state index in [1.807, 2.05) is 19.2 Å². The maximum atomic E-state index is 5.36. The Kier molecular flexibility index (Phi) is 7.21. The topological polar surface area (TPSA) is 12.0 Å². The van der Waals surface area contributed by atoms with Crippen LogP contribution in [0.5, 0.6) is 0 Å². The van der Waals surface area contributed by atoms with Crippen LogP contribution in [0.4, 0.5) is 0 Å². The molecule has 0 saturated carbocycles. The zero-order valence-electron chi connectivity index (χ0n) is 6.81. The normalized spacial score (nSPS) is 12.4. The van der Waals surface area contributed by atoms with Crippen molar-refractivity contribution in [1.82, 2.24) is 5.32 Å². The van der Waals surface area contributed by atoms with Gasteiger partial charge in [0.15, 0.2) is 0 Å². The Morgan fingerprint density at radius 1 is 1.64 bits per heavy atom. The van der Waals surface area contributed by atoms with Crippen LogP contribution in [0.2, 0.25) is 0 Å². The molecule has 0 saturated heterocycles. The predicted molar refractivity (Wildman–Crippen MR) is 51.8 cm³/mol. The van der Waals surface area contributed by atoms with Gasteiger partial charge >= 0.3 is 0 Å². The fourth-order valence-corrected chi connectivity index (χ4v) is 0.755. The van der Waals surface area contributed by atoms with Crippen molar-refractivity contribution in [2.75, 3.05) is 13.6 Å². The number of allylic oxidation sites excluding steroid dienone is 3. The van der Waals surface area contributed by atoms with Gasteiger partial charge in [-0.15, -0.1) is 0 Å². The number of nitrogens with one attached hydrogen (secondary N) is 1. The first kappa shape index (κ1) is 10.5. The third-order valence-corrected chi connectivity index (χ3v) is 1.45. The molecule has 62 valence electrons. The molecule has 0 aliphatic carbocycles. The number of hydrogen-bond donors (Lipinski definition) is 1. The van der Waals surface area contributed by atoms with E-state index in [9.17, 15) is 0 Å². The van der Waals surface area contributed by atoms with Crippen molar-refractivity contribution in [2.24, 2.45) is 0 Å². The molecule has 0 aromatic heterocycles. The quantitative estimate of drug-likeness (QED) is 0.627. The van der Waals surface area contributed by atoms with Crippen LogP contribution >= 0.6 is 11.6 Å². The second kappa shape index (κ2) is 7.58. The Balaban J connectivity index is 3.83. The Morgan fingerprint density at radius 3 is 2.82 bits per heavy atom. The molecule has 0 aliphatic heterocycles. The lowest BCUT2D eigenvalue weighted by Crippen LogP contribution is -2.07. The minimum Gasteiger partial charge on any atom is -0.319 e. The molecule has 11 heavy (non-hydrogen) atoms. The van der Waals surface area contributed by atoms with Crippen molar-refractivity contribution < 1.29 is 0 Å². The van der Waals surface area contributed by atoms with Crippen molar-refractivity contribution in [3.63, 3.8) is 0 Å². The summed E-state index contributed by atoms with van der Waals surface area (Å²) in [5.74, 6) is 0. The first-order valence-corrected chi connectivity index (χ1v) is 4.01. The minimum atomic E-state index is 0.966. The molecule has 0 aliphatic rings. The van der Waals surface area contributed by atoms with Crippen LogP contribution in [-0.2, 0) is 0 Å². The summed E-state index contributed by atoms with van der Waals surface area (Å²) in [7, 11) is 1.93. The highest BCUT2D eigenvalue weighted by atomic mass is 35.5. The SMILES string of the molecule is C=CC(=CC=CCl)CCNC. The highest BCUT2D eigenvalue weighted by Crippen LogP contribution is 2.01. The maximum Gasteiger partial charge on any atom is 0.00425 e. The molecule has 2 heteroatoms. The average Bonchev–Trinajstić information content (AvgIpc) is 2.05. The number of hydrogen-bond acceptors (Lipinski definition) is 1. The van der Waals surface area contributed by atoms with Gasteiger partial charge in [0, 0.05) is 5.54 Å². The van der Waals surface area contributed by atoms with Crippen LogP contribution < -0.4 is 5.32 Å². The molecule has 0 atom stereocenters. The zero-order chi connectivity index (χ0) is 8.53. The monoisotopic (exact) mass is 171 g/mol. The van der Waals surface area contributed by atoms with Gasteiger partial charge in [-0.3, -0.25) is 0 Å². The molecule has 1 nitrogen and oxygen atoms in total. The summed E-state index contributed by atoms with van der Waals surface area (Å²) >= 11 is 5.36. The lowest BCUT2D eigenvalue weighted by Gasteiger charge is -1.98. The van der Waals surface area contributed by atoms with E-state index in [0.29, 0.717) is 0 Å². The fraction of sp³-hybridized carbons (Fsp3) is 0.333. The van der Waals surface area contributed by atoms with Crippen LogP contribution in [0.15, 0.2) is 35.9 Å². The smallest absolute Gasteiger partial charge is 0.00425 e. The second-order valence-corrected chi connectivity index (χ2v) is 2.37. The summed E-state index contributed by atoms with van der Waals surface area (Å²) in [5, 5.41) is 3.06. The summed E-state index contributed by atoms with van der Waals surface area (Å²) in [6.07, 6.45) is 6.58. The highest BCUT2D eigenvalue weighted by molar-refractivity contribution is 6.25. The minimum absolute atomic E-state index is 0.966. The molecule has 0 aromatic carbocycles. The van der Waals surface area contributed by atoms with Crippen LogP contribution in [0.25, 0.3) is 0 Å². The third kappa shape index (κ3) is 5.89. The Hall–Kier alpha value is -0.530. The van der Waals surface area contributed by atoms with Gasteiger partial charge in [0.05, 0.1) is 0 Å². The standard InChI is InChI=1S/C9H14ClN/c1-3-9(5-4-7-10)6-8-11-2/h3-5,7,11H,1,6,8H2,2H3. The molecule has 0 rings (SSSR count). The van der Waals surface area contributed by atoms with Gasteiger partial charge in [-0.25, -0.2) is 0 Å². The van der Waals surface area contributed by atoms with E-state index in [1.165, 1.54) is 11.1 Å². The Bertz CT molecular complexity index is 159. The van der Waals surface area contributed by atoms with E-state index in [0.717, 1.165) is 13.0 Å². The summed E-state index contributed by atoms with van der Waals surface area (Å²) in [5.41, 5.74) is 2.68. The van der Waals surface area contributed by atoms with Gasteiger partial charge in [-0.05, 0) is 25.6 Å². The first-order valence-electron chi connectivity index (χ1n) is 3.58. The van der Waals surface area contributed by atoms with Crippen LogP contribution in [-0.4, -0.2) is 13.6 Å². The van der Waals surface area contributed by atoms with Crippen molar-refractivity contribution in [3.05, 3.63) is 35.9 Å². The molecule has 0 spiro atoms. The molecule has 0 radical (unpaired) electrons. The molecule has 0 bridgehead atoms. The number of halogens is 1. The summed E-state index contributed by atoms with van der Waals surface area (Å²) in [4.78, 5) is 0. The average molecular weight is 172 g/mol. The van der Waals surface area contributed by atoms with Crippen molar-refractivity contribution >= 4 is 11.6 Å². The molecule has 1 N–H and O–H groups in total. The van der Waals surface area contributed by atoms with Gasteiger partial charge in [0.25, 0.3) is 0 Å². The van der Waals surface area contributed by atoms with Crippen LogP contribution in [0, 0.1) is 0 Å². The van der Waals surface area contributed by atoms with Crippen molar-refractivity contribution in [2.45, 2.75) is 6.42 Å². The molecule has 0 fully saturated rings. The van der Waals surface area contributed by atoms with E-state index < -0.39 is 0 Å². The van der Waals surface area contributed by atoms with E-state index in [2.05, 4.69) is 11.9 Å². The molecule has 0 aromatic rings. The van der Waals surface area contributed by atoms with Gasteiger partial charge in [-0.1, -0.05) is 36.4 Å². The second-order valence-electron chi connectivity index (χ2n) is 2.12. The van der Waals surface area contributed by atoms with Crippen LogP contribution in [0.1, 0.15) is 6.42 Å². The lowest BCUT2D eigenvalue weighted by molar-refractivity contribution is 0.794. The lowest BCUT2D eigenvalue weighted by atomic mass is 10.2.